The molecule has 0 saturated heterocycles. The SMILES string of the molecule is N[C@H](C(=O)NC1CCCCC1CO)c1ccccc1. The Morgan fingerprint density at radius 2 is 2.00 bits per heavy atom. The smallest absolute Gasteiger partial charge is 0.241 e. The van der Waals surface area contributed by atoms with Crippen LogP contribution >= 0.6 is 0 Å². The predicted octanol–water partition coefficient (Wildman–Crippen LogP) is 1.35. The van der Waals surface area contributed by atoms with Crippen molar-refractivity contribution in [3.63, 3.8) is 0 Å². The summed E-state index contributed by atoms with van der Waals surface area (Å²) in [7, 11) is 0. The molecule has 0 spiro atoms. The molecule has 1 fully saturated rings. The van der Waals surface area contributed by atoms with Crippen molar-refractivity contribution in [2.45, 2.75) is 37.8 Å². The van der Waals surface area contributed by atoms with Crippen molar-refractivity contribution in [1.82, 2.24) is 5.32 Å². The topological polar surface area (TPSA) is 75.4 Å². The van der Waals surface area contributed by atoms with E-state index in [2.05, 4.69) is 5.32 Å². The maximum Gasteiger partial charge on any atom is 0.241 e. The first-order chi connectivity index (χ1) is 9.22. The zero-order chi connectivity index (χ0) is 13.7. The number of carbonyl (C=O) groups excluding carboxylic acids is 1. The van der Waals surface area contributed by atoms with E-state index in [9.17, 15) is 9.90 Å². The minimum absolute atomic E-state index is 0.0565. The van der Waals surface area contributed by atoms with E-state index in [0.717, 1.165) is 31.2 Å². The van der Waals surface area contributed by atoms with Crippen molar-refractivity contribution in [2.24, 2.45) is 11.7 Å². The number of aliphatic hydroxyl groups is 1. The summed E-state index contributed by atoms with van der Waals surface area (Å²) >= 11 is 0. The maximum atomic E-state index is 12.2. The van der Waals surface area contributed by atoms with Gasteiger partial charge in [-0.05, 0) is 18.4 Å². The number of carbonyl (C=O) groups is 1. The minimum Gasteiger partial charge on any atom is -0.396 e. The molecule has 0 aliphatic heterocycles. The van der Waals surface area contributed by atoms with Gasteiger partial charge in [0.1, 0.15) is 6.04 Å². The van der Waals surface area contributed by atoms with E-state index in [1.807, 2.05) is 30.3 Å². The second-order valence-electron chi connectivity index (χ2n) is 5.23. The van der Waals surface area contributed by atoms with Crippen LogP contribution in [0.2, 0.25) is 0 Å². The van der Waals surface area contributed by atoms with Crippen LogP contribution in [0.1, 0.15) is 37.3 Å². The maximum absolute atomic E-state index is 12.2. The van der Waals surface area contributed by atoms with Crippen molar-refractivity contribution in [2.75, 3.05) is 6.61 Å². The number of aliphatic hydroxyl groups excluding tert-OH is 1. The lowest BCUT2D eigenvalue weighted by Gasteiger charge is -2.31. The normalized spacial score (nSPS) is 24.7. The molecule has 0 bridgehead atoms. The fourth-order valence-electron chi connectivity index (χ4n) is 2.70. The van der Waals surface area contributed by atoms with Crippen LogP contribution in [0.15, 0.2) is 30.3 Å². The van der Waals surface area contributed by atoms with Gasteiger partial charge in [0.05, 0.1) is 0 Å². The molecule has 4 N–H and O–H groups in total. The fourth-order valence-corrected chi connectivity index (χ4v) is 2.70. The summed E-state index contributed by atoms with van der Waals surface area (Å²) < 4.78 is 0. The lowest BCUT2D eigenvalue weighted by Crippen LogP contribution is -2.46. The van der Waals surface area contributed by atoms with Gasteiger partial charge in [-0.1, -0.05) is 43.2 Å². The van der Waals surface area contributed by atoms with Gasteiger partial charge in [0, 0.05) is 18.6 Å². The highest BCUT2D eigenvalue weighted by Gasteiger charge is 2.27. The summed E-state index contributed by atoms with van der Waals surface area (Å²) in [6, 6.07) is 8.78. The third kappa shape index (κ3) is 3.55. The largest absolute Gasteiger partial charge is 0.396 e. The Morgan fingerprint density at radius 1 is 1.32 bits per heavy atom. The van der Waals surface area contributed by atoms with E-state index >= 15 is 0 Å². The van der Waals surface area contributed by atoms with Gasteiger partial charge >= 0.3 is 0 Å². The quantitative estimate of drug-likeness (QED) is 0.766. The Bertz CT molecular complexity index is 408. The van der Waals surface area contributed by atoms with Crippen LogP contribution in [0.25, 0.3) is 0 Å². The van der Waals surface area contributed by atoms with Crippen molar-refractivity contribution in [3.05, 3.63) is 35.9 Å². The zero-order valence-electron chi connectivity index (χ0n) is 11.1. The number of amides is 1. The van der Waals surface area contributed by atoms with Crippen LogP contribution in [0.4, 0.5) is 0 Å². The first-order valence-corrected chi connectivity index (χ1v) is 6.94. The molecule has 1 aromatic rings. The van der Waals surface area contributed by atoms with E-state index in [0.29, 0.717) is 0 Å². The summed E-state index contributed by atoms with van der Waals surface area (Å²) in [5, 5.41) is 12.3. The van der Waals surface area contributed by atoms with Gasteiger partial charge < -0.3 is 16.2 Å². The van der Waals surface area contributed by atoms with Crippen LogP contribution in [0.5, 0.6) is 0 Å². The molecule has 1 aromatic carbocycles. The minimum atomic E-state index is -0.637. The first-order valence-electron chi connectivity index (χ1n) is 6.94. The molecule has 104 valence electrons. The number of nitrogens with one attached hydrogen (secondary N) is 1. The molecule has 0 heterocycles. The lowest BCUT2D eigenvalue weighted by molar-refractivity contribution is -0.123. The molecule has 1 aliphatic carbocycles. The highest BCUT2D eigenvalue weighted by Crippen LogP contribution is 2.24. The molecular formula is C15H22N2O2. The van der Waals surface area contributed by atoms with Gasteiger partial charge in [-0.3, -0.25) is 4.79 Å². The number of rotatable bonds is 4. The third-order valence-electron chi connectivity index (χ3n) is 3.91. The van der Waals surface area contributed by atoms with Gasteiger partial charge in [0.15, 0.2) is 0 Å². The van der Waals surface area contributed by atoms with E-state index in [4.69, 9.17) is 5.73 Å². The Morgan fingerprint density at radius 3 is 2.68 bits per heavy atom. The zero-order valence-corrected chi connectivity index (χ0v) is 11.1. The first kappa shape index (κ1) is 14.0. The van der Waals surface area contributed by atoms with Gasteiger partial charge in [0.2, 0.25) is 5.91 Å². The van der Waals surface area contributed by atoms with Crippen molar-refractivity contribution >= 4 is 5.91 Å². The lowest BCUT2D eigenvalue weighted by atomic mass is 9.85. The number of hydrogen-bond acceptors (Lipinski definition) is 3. The van der Waals surface area contributed by atoms with Gasteiger partial charge in [0.25, 0.3) is 0 Å². The molecule has 0 radical (unpaired) electrons. The Kier molecular flexibility index (Phi) is 4.93. The van der Waals surface area contributed by atoms with E-state index < -0.39 is 6.04 Å². The third-order valence-corrected chi connectivity index (χ3v) is 3.91. The van der Waals surface area contributed by atoms with Crippen LogP contribution in [0, 0.1) is 5.92 Å². The van der Waals surface area contributed by atoms with E-state index in [1.165, 1.54) is 0 Å². The van der Waals surface area contributed by atoms with Crippen LogP contribution < -0.4 is 11.1 Å². The number of hydrogen-bond donors (Lipinski definition) is 3. The average molecular weight is 262 g/mol. The molecule has 1 amide bonds. The standard InChI is InChI=1S/C15H22N2O2/c16-14(11-6-2-1-3-7-11)15(19)17-13-9-5-4-8-12(13)10-18/h1-3,6-7,12-14,18H,4-5,8-10,16H2,(H,17,19)/t12?,13?,14-/m0/s1. The highest BCUT2D eigenvalue weighted by molar-refractivity contribution is 5.83. The Hall–Kier alpha value is -1.39. The summed E-state index contributed by atoms with van der Waals surface area (Å²) in [6.45, 7) is 0.130. The molecule has 3 atom stereocenters. The molecule has 2 rings (SSSR count). The van der Waals surface area contributed by atoms with Gasteiger partial charge in [-0.15, -0.1) is 0 Å². The van der Waals surface area contributed by atoms with Crippen LogP contribution in [0.3, 0.4) is 0 Å². The number of benzene rings is 1. The molecule has 2 unspecified atom stereocenters. The number of nitrogens with two attached hydrogens (primary N) is 1. The summed E-state index contributed by atoms with van der Waals surface area (Å²) in [5.74, 6) is 0.0113. The Balaban J connectivity index is 1.96. The Labute approximate surface area is 114 Å². The summed E-state index contributed by atoms with van der Waals surface area (Å²) in [6.07, 6.45) is 4.13. The monoisotopic (exact) mass is 262 g/mol. The van der Waals surface area contributed by atoms with Gasteiger partial charge in [-0.2, -0.15) is 0 Å². The summed E-state index contributed by atoms with van der Waals surface area (Å²) in [4.78, 5) is 12.2. The van der Waals surface area contributed by atoms with Crippen molar-refractivity contribution in [3.8, 4) is 0 Å². The fraction of sp³-hybridized carbons (Fsp3) is 0.533. The predicted molar refractivity (Wildman–Crippen MR) is 74.3 cm³/mol. The van der Waals surface area contributed by atoms with Gasteiger partial charge in [-0.25, -0.2) is 0 Å². The highest BCUT2D eigenvalue weighted by atomic mass is 16.3. The van der Waals surface area contributed by atoms with E-state index in [-0.39, 0.29) is 24.5 Å². The molecule has 4 nitrogen and oxygen atoms in total. The molecule has 0 aromatic heterocycles. The van der Waals surface area contributed by atoms with Crippen molar-refractivity contribution in [1.29, 1.82) is 0 Å². The second kappa shape index (κ2) is 6.68. The molecule has 4 heteroatoms. The van der Waals surface area contributed by atoms with Crippen LogP contribution in [-0.2, 0) is 4.79 Å². The molecule has 1 aliphatic rings. The van der Waals surface area contributed by atoms with E-state index in [1.54, 1.807) is 0 Å². The average Bonchev–Trinajstić information content (AvgIpc) is 2.48. The molecule has 19 heavy (non-hydrogen) atoms. The second-order valence-corrected chi connectivity index (χ2v) is 5.23. The molecule has 1 saturated carbocycles. The molecular weight excluding hydrogens is 240 g/mol. The van der Waals surface area contributed by atoms with Crippen molar-refractivity contribution < 1.29 is 9.90 Å². The van der Waals surface area contributed by atoms with Crippen LogP contribution in [-0.4, -0.2) is 23.7 Å². The summed E-state index contributed by atoms with van der Waals surface area (Å²) in [5.41, 5.74) is 6.78.